The molecule has 0 spiro atoms. The second-order valence-electron chi connectivity index (χ2n) is 6.25. The Hall–Kier alpha value is -2.87. The summed E-state index contributed by atoms with van der Waals surface area (Å²) in [6.45, 7) is 3.41. The molecule has 1 aliphatic heterocycles. The molecule has 134 valence electrons. The van der Waals surface area contributed by atoms with Crippen LogP contribution in [0.25, 0.3) is 10.9 Å². The van der Waals surface area contributed by atoms with Gasteiger partial charge in [-0.2, -0.15) is 0 Å². The average molecular weight is 370 g/mol. The third kappa shape index (κ3) is 2.82. The van der Waals surface area contributed by atoms with Gasteiger partial charge in [0, 0.05) is 36.7 Å². The number of aromatic nitrogens is 2. The summed E-state index contributed by atoms with van der Waals surface area (Å²) >= 11 is 1.05. The number of benzene rings is 1. The van der Waals surface area contributed by atoms with E-state index in [1.807, 2.05) is 24.4 Å². The molecule has 0 aliphatic carbocycles. The number of hydrogen-bond donors (Lipinski definition) is 2. The van der Waals surface area contributed by atoms with Crippen molar-refractivity contribution in [3.05, 3.63) is 46.6 Å². The number of para-hydroxylation sites is 1. The van der Waals surface area contributed by atoms with E-state index in [0.717, 1.165) is 23.3 Å². The molecule has 1 aliphatic rings. The Morgan fingerprint density at radius 2 is 2.15 bits per heavy atom. The highest BCUT2D eigenvalue weighted by Gasteiger charge is 2.32. The van der Waals surface area contributed by atoms with Gasteiger partial charge in [0.05, 0.1) is 5.69 Å². The third-order valence-electron chi connectivity index (χ3n) is 4.63. The predicted octanol–water partition coefficient (Wildman–Crippen LogP) is 3.12. The fourth-order valence-electron chi connectivity index (χ4n) is 3.26. The Bertz CT molecular complexity index is 993. The van der Waals surface area contributed by atoms with Gasteiger partial charge >= 0.3 is 12.0 Å². The van der Waals surface area contributed by atoms with E-state index in [-0.39, 0.29) is 10.9 Å². The summed E-state index contributed by atoms with van der Waals surface area (Å²) in [4.78, 5) is 34.9. The first-order valence-corrected chi connectivity index (χ1v) is 9.18. The molecule has 4 rings (SSSR count). The number of carboxylic acid groups (broad SMARTS) is 1. The molecule has 8 heteroatoms. The first-order valence-electron chi connectivity index (χ1n) is 8.37. The van der Waals surface area contributed by atoms with E-state index in [0.29, 0.717) is 30.5 Å². The van der Waals surface area contributed by atoms with Crippen LogP contribution in [0.4, 0.5) is 9.93 Å². The van der Waals surface area contributed by atoms with Crippen molar-refractivity contribution in [2.45, 2.75) is 13.3 Å². The summed E-state index contributed by atoms with van der Waals surface area (Å²) in [6.07, 6.45) is 2.76. The molecule has 0 unspecified atom stereocenters. The van der Waals surface area contributed by atoms with Crippen LogP contribution >= 0.6 is 11.3 Å². The number of aryl methyl sites for hydroxylation is 1. The normalized spacial score (nSPS) is 14.6. The van der Waals surface area contributed by atoms with Crippen molar-refractivity contribution in [1.82, 2.24) is 14.9 Å². The van der Waals surface area contributed by atoms with Gasteiger partial charge in [-0.1, -0.05) is 29.5 Å². The van der Waals surface area contributed by atoms with Gasteiger partial charge in [0.15, 0.2) is 5.13 Å². The van der Waals surface area contributed by atoms with Crippen LogP contribution in [0.15, 0.2) is 30.5 Å². The molecule has 0 radical (unpaired) electrons. The van der Waals surface area contributed by atoms with Crippen molar-refractivity contribution in [2.75, 3.05) is 24.5 Å². The first-order chi connectivity index (χ1) is 12.5. The number of carbonyl (C=O) groups excluding carboxylic acids is 1. The number of aromatic carboxylic acids is 1. The smallest absolute Gasteiger partial charge is 0.347 e. The molecule has 3 aromatic rings. The van der Waals surface area contributed by atoms with E-state index >= 15 is 0 Å². The molecule has 0 bridgehead atoms. The van der Waals surface area contributed by atoms with Gasteiger partial charge < -0.3 is 15.0 Å². The molecule has 1 saturated heterocycles. The van der Waals surface area contributed by atoms with E-state index in [9.17, 15) is 9.59 Å². The van der Waals surface area contributed by atoms with Gasteiger partial charge in [-0.3, -0.25) is 4.90 Å². The van der Waals surface area contributed by atoms with Crippen molar-refractivity contribution < 1.29 is 14.7 Å². The van der Waals surface area contributed by atoms with Crippen molar-refractivity contribution >= 4 is 39.4 Å². The summed E-state index contributed by atoms with van der Waals surface area (Å²) in [5, 5.41) is 10.8. The van der Waals surface area contributed by atoms with Gasteiger partial charge in [-0.25, -0.2) is 14.6 Å². The van der Waals surface area contributed by atoms with E-state index in [1.54, 1.807) is 16.7 Å². The van der Waals surface area contributed by atoms with Crippen LogP contribution in [0.5, 0.6) is 0 Å². The fraction of sp³-hybridized carbons (Fsp3) is 0.278. The molecule has 1 fully saturated rings. The molecule has 1 aromatic carbocycles. The largest absolute Gasteiger partial charge is 0.477 e. The molecule has 0 atom stereocenters. The minimum Gasteiger partial charge on any atom is -0.477 e. The number of rotatable bonds is 5. The molecular formula is C18H18N4O3S. The van der Waals surface area contributed by atoms with Crippen molar-refractivity contribution in [3.8, 4) is 0 Å². The van der Waals surface area contributed by atoms with Gasteiger partial charge in [0.2, 0.25) is 0 Å². The molecule has 3 heterocycles. The minimum absolute atomic E-state index is 0.115. The number of anilines is 1. The maximum absolute atomic E-state index is 12.7. The number of nitrogens with zero attached hydrogens (tertiary/aromatic N) is 3. The van der Waals surface area contributed by atoms with Crippen LogP contribution < -0.4 is 4.90 Å². The Morgan fingerprint density at radius 3 is 2.92 bits per heavy atom. The molecular weight excluding hydrogens is 352 g/mol. The number of carboxylic acids is 1. The topological polar surface area (TPSA) is 89.5 Å². The summed E-state index contributed by atoms with van der Waals surface area (Å²) in [5.74, 6) is -1.01. The number of urea groups is 1. The zero-order valence-electron chi connectivity index (χ0n) is 14.2. The number of carbonyl (C=O) groups is 2. The second kappa shape index (κ2) is 6.45. The molecule has 0 saturated carbocycles. The number of hydrogen-bond acceptors (Lipinski definition) is 4. The Kier molecular flexibility index (Phi) is 4.12. The lowest BCUT2D eigenvalue weighted by Gasteiger charge is -2.16. The van der Waals surface area contributed by atoms with Crippen LogP contribution in [0, 0.1) is 6.92 Å². The second-order valence-corrected chi connectivity index (χ2v) is 7.22. The zero-order valence-corrected chi connectivity index (χ0v) is 15.0. The van der Waals surface area contributed by atoms with E-state index in [2.05, 4.69) is 16.0 Å². The number of H-pyrrole nitrogens is 1. The summed E-state index contributed by atoms with van der Waals surface area (Å²) in [5.41, 5.74) is 2.73. The SMILES string of the molecule is Cc1nc(N2CCN(CCc3c[nH]c4ccccc34)C2=O)sc1C(=O)O. The van der Waals surface area contributed by atoms with Crippen LogP contribution in [0.3, 0.4) is 0 Å². The van der Waals surface area contributed by atoms with Crippen molar-refractivity contribution in [1.29, 1.82) is 0 Å². The van der Waals surface area contributed by atoms with Crippen LogP contribution in [0.2, 0.25) is 0 Å². The van der Waals surface area contributed by atoms with Crippen LogP contribution in [0.1, 0.15) is 20.9 Å². The average Bonchev–Trinajstić information content (AvgIpc) is 3.30. The molecule has 2 aromatic heterocycles. The van der Waals surface area contributed by atoms with Crippen LogP contribution in [-0.4, -0.2) is 51.6 Å². The van der Waals surface area contributed by atoms with Gasteiger partial charge in [0.25, 0.3) is 0 Å². The number of aromatic amines is 1. The first kappa shape index (κ1) is 16.6. The lowest BCUT2D eigenvalue weighted by molar-refractivity contribution is 0.0701. The predicted molar refractivity (Wildman–Crippen MR) is 100 cm³/mol. The maximum Gasteiger partial charge on any atom is 0.347 e. The number of thiazole rings is 1. The van der Waals surface area contributed by atoms with Crippen molar-refractivity contribution in [3.63, 3.8) is 0 Å². The van der Waals surface area contributed by atoms with E-state index in [4.69, 9.17) is 5.11 Å². The summed E-state index contributed by atoms with van der Waals surface area (Å²) < 4.78 is 0. The maximum atomic E-state index is 12.7. The number of amides is 2. The van der Waals surface area contributed by atoms with E-state index < -0.39 is 5.97 Å². The zero-order chi connectivity index (χ0) is 18.3. The standard InChI is InChI=1S/C18H18N4O3S/c1-11-15(16(23)24)26-17(20-11)22-9-8-21(18(22)25)7-6-12-10-19-14-5-3-2-4-13(12)14/h2-5,10,19H,6-9H2,1H3,(H,23,24). The molecule has 2 N–H and O–H groups in total. The Balaban J connectivity index is 1.46. The fourth-order valence-corrected chi connectivity index (χ4v) is 4.18. The monoisotopic (exact) mass is 370 g/mol. The quantitative estimate of drug-likeness (QED) is 0.722. The summed E-state index contributed by atoms with van der Waals surface area (Å²) in [6, 6.07) is 7.99. The van der Waals surface area contributed by atoms with Crippen LogP contribution in [-0.2, 0) is 6.42 Å². The lowest BCUT2D eigenvalue weighted by atomic mass is 10.1. The number of fused-ring (bicyclic) bond motifs is 1. The summed E-state index contributed by atoms with van der Waals surface area (Å²) in [7, 11) is 0. The third-order valence-corrected chi connectivity index (χ3v) is 5.80. The van der Waals surface area contributed by atoms with Gasteiger partial charge in [-0.05, 0) is 25.0 Å². The Labute approximate surface area is 153 Å². The molecule has 2 amide bonds. The highest BCUT2D eigenvalue weighted by Crippen LogP contribution is 2.29. The highest BCUT2D eigenvalue weighted by atomic mass is 32.1. The molecule has 26 heavy (non-hydrogen) atoms. The number of nitrogens with one attached hydrogen (secondary N) is 1. The lowest BCUT2D eigenvalue weighted by Crippen LogP contribution is -2.33. The Morgan fingerprint density at radius 1 is 1.35 bits per heavy atom. The van der Waals surface area contributed by atoms with Gasteiger partial charge in [-0.15, -0.1) is 0 Å². The minimum atomic E-state index is -1.01. The highest BCUT2D eigenvalue weighted by molar-refractivity contribution is 7.17. The molecule has 7 nitrogen and oxygen atoms in total. The van der Waals surface area contributed by atoms with Gasteiger partial charge in [0.1, 0.15) is 4.88 Å². The van der Waals surface area contributed by atoms with Crippen molar-refractivity contribution in [2.24, 2.45) is 0 Å². The van der Waals surface area contributed by atoms with E-state index in [1.165, 1.54) is 10.9 Å².